The molecule has 0 atom stereocenters. The van der Waals surface area contributed by atoms with Gasteiger partial charge in [0.25, 0.3) is 10.0 Å². The van der Waals surface area contributed by atoms with E-state index in [2.05, 4.69) is 0 Å². The Kier molecular flexibility index (Phi) is 3.90. The molecule has 0 aliphatic rings. The van der Waals surface area contributed by atoms with Crippen molar-refractivity contribution in [2.75, 3.05) is 0 Å². The van der Waals surface area contributed by atoms with E-state index in [1.54, 1.807) is 31.2 Å². The molecule has 2 rings (SSSR count). The smallest absolute Gasteiger partial charge is 0.268 e. The highest BCUT2D eigenvalue weighted by Crippen LogP contribution is 2.17. The monoisotopic (exact) mass is 289 g/mol. The molecule has 4 nitrogen and oxygen atoms in total. The molecule has 5 heteroatoms. The summed E-state index contributed by atoms with van der Waals surface area (Å²) in [5.41, 5.74) is 1.10. The van der Waals surface area contributed by atoms with E-state index in [0.29, 0.717) is 0 Å². The summed E-state index contributed by atoms with van der Waals surface area (Å²) in [6.45, 7) is 3.59. The Hall–Kier alpha value is -2.14. The van der Waals surface area contributed by atoms with Gasteiger partial charge in [-0.05, 0) is 44.2 Å². The van der Waals surface area contributed by atoms with Gasteiger partial charge >= 0.3 is 0 Å². The molecule has 0 saturated heterocycles. The lowest BCUT2D eigenvalue weighted by molar-refractivity contribution is 0.104. The van der Waals surface area contributed by atoms with E-state index in [4.69, 9.17) is 0 Å². The predicted molar refractivity (Wildman–Crippen MR) is 77.3 cm³/mol. The first-order chi connectivity index (χ1) is 9.46. The van der Waals surface area contributed by atoms with Gasteiger partial charge < -0.3 is 0 Å². The van der Waals surface area contributed by atoms with Crippen molar-refractivity contribution in [2.45, 2.75) is 18.7 Å². The van der Waals surface area contributed by atoms with E-state index < -0.39 is 10.0 Å². The van der Waals surface area contributed by atoms with Crippen LogP contribution in [0.15, 0.2) is 59.6 Å². The molecule has 1 aromatic carbocycles. The summed E-state index contributed by atoms with van der Waals surface area (Å²) < 4.78 is 26.1. The van der Waals surface area contributed by atoms with Gasteiger partial charge in [0.15, 0.2) is 0 Å². The average molecular weight is 289 g/mol. The van der Waals surface area contributed by atoms with Gasteiger partial charge in [-0.3, -0.25) is 4.79 Å². The first kappa shape index (κ1) is 14.3. The van der Waals surface area contributed by atoms with E-state index >= 15 is 0 Å². The van der Waals surface area contributed by atoms with Crippen molar-refractivity contribution in [3.8, 4) is 0 Å². The SMILES string of the molecule is C/C=C/C(=O)c1cccn1S(=O)(=O)c1ccc(C)cc1. The Morgan fingerprint density at radius 3 is 2.40 bits per heavy atom. The summed E-state index contributed by atoms with van der Waals surface area (Å²) in [5, 5.41) is 0. The minimum atomic E-state index is -3.74. The van der Waals surface area contributed by atoms with Gasteiger partial charge in [-0.1, -0.05) is 23.8 Å². The highest BCUT2D eigenvalue weighted by molar-refractivity contribution is 7.90. The summed E-state index contributed by atoms with van der Waals surface area (Å²) in [4.78, 5) is 12.0. The fraction of sp³-hybridized carbons (Fsp3) is 0.133. The van der Waals surface area contributed by atoms with Crippen molar-refractivity contribution >= 4 is 15.8 Å². The van der Waals surface area contributed by atoms with Gasteiger partial charge in [-0.15, -0.1) is 0 Å². The molecule has 0 spiro atoms. The molecule has 104 valence electrons. The number of nitrogens with zero attached hydrogens (tertiary/aromatic N) is 1. The maximum absolute atomic E-state index is 12.5. The lowest BCUT2D eigenvalue weighted by Gasteiger charge is -2.09. The second kappa shape index (κ2) is 5.46. The quantitative estimate of drug-likeness (QED) is 0.642. The highest BCUT2D eigenvalue weighted by atomic mass is 32.2. The van der Waals surface area contributed by atoms with Crippen LogP contribution in [0.2, 0.25) is 0 Å². The summed E-state index contributed by atoms with van der Waals surface area (Å²) in [6.07, 6.45) is 4.31. The average Bonchev–Trinajstić information content (AvgIpc) is 2.89. The molecule has 2 aromatic rings. The maximum Gasteiger partial charge on any atom is 0.268 e. The van der Waals surface area contributed by atoms with Crippen LogP contribution >= 0.6 is 0 Å². The normalized spacial score (nSPS) is 11.9. The molecule has 0 saturated carbocycles. The summed E-state index contributed by atoms with van der Waals surface area (Å²) >= 11 is 0. The van der Waals surface area contributed by atoms with Crippen molar-refractivity contribution in [1.82, 2.24) is 3.97 Å². The van der Waals surface area contributed by atoms with Gasteiger partial charge in [0.2, 0.25) is 5.78 Å². The first-order valence-corrected chi connectivity index (χ1v) is 7.57. The van der Waals surface area contributed by atoms with Crippen LogP contribution in [-0.2, 0) is 10.0 Å². The lowest BCUT2D eigenvalue weighted by Crippen LogP contribution is -2.17. The molecule has 1 aromatic heterocycles. The van der Waals surface area contributed by atoms with E-state index in [1.165, 1.54) is 30.5 Å². The van der Waals surface area contributed by atoms with Gasteiger partial charge in [0, 0.05) is 6.20 Å². The minimum Gasteiger partial charge on any atom is -0.288 e. The van der Waals surface area contributed by atoms with Gasteiger partial charge in [-0.2, -0.15) is 0 Å². The standard InChI is InChI=1S/C15H15NO3S/c1-3-5-15(17)14-6-4-11-16(14)20(18,19)13-9-7-12(2)8-10-13/h3-11H,1-2H3/b5-3+. The van der Waals surface area contributed by atoms with Crippen molar-refractivity contribution in [3.05, 3.63) is 66.0 Å². The topological polar surface area (TPSA) is 56.1 Å². The molecule has 20 heavy (non-hydrogen) atoms. The third-order valence-corrected chi connectivity index (χ3v) is 4.57. The second-order valence-corrected chi connectivity index (χ2v) is 6.19. The number of allylic oxidation sites excluding steroid dienone is 2. The Morgan fingerprint density at radius 1 is 1.15 bits per heavy atom. The number of benzene rings is 1. The van der Waals surface area contributed by atoms with Crippen molar-refractivity contribution in [2.24, 2.45) is 0 Å². The van der Waals surface area contributed by atoms with Crippen LogP contribution in [0.1, 0.15) is 23.0 Å². The number of hydrogen-bond acceptors (Lipinski definition) is 3. The molecule has 0 fully saturated rings. The lowest BCUT2D eigenvalue weighted by atomic mass is 10.2. The molecule has 0 amide bonds. The molecular weight excluding hydrogens is 274 g/mol. The third kappa shape index (κ3) is 2.58. The number of rotatable bonds is 4. The minimum absolute atomic E-state index is 0.128. The number of carbonyl (C=O) groups excluding carboxylic acids is 1. The van der Waals surface area contributed by atoms with Crippen LogP contribution in [0.5, 0.6) is 0 Å². The van der Waals surface area contributed by atoms with Crippen LogP contribution in [0.4, 0.5) is 0 Å². The fourth-order valence-corrected chi connectivity index (χ4v) is 3.17. The Labute approximate surface area is 118 Å². The Morgan fingerprint density at radius 2 is 1.80 bits per heavy atom. The molecular formula is C15H15NO3S. The van der Waals surface area contributed by atoms with Crippen molar-refractivity contribution in [3.63, 3.8) is 0 Å². The Balaban J connectivity index is 2.53. The number of aromatic nitrogens is 1. The number of ketones is 1. The fourth-order valence-electron chi connectivity index (χ4n) is 1.83. The molecule has 0 unspecified atom stereocenters. The van der Waals surface area contributed by atoms with Crippen LogP contribution < -0.4 is 0 Å². The summed E-state index contributed by atoms with van der Waals surface area (Å²) in [7, 11) is -3.74. The molecule has 0 N–H and O–H groups in total. The number of carbonyl (C=O) groups is 1. The third-order valence-electron chi connectivity index (χ3n) is 2.86. The molecule has 0 aliphatic carbocycles. The summed E-state index contributed by atoms with van der Waals surface area (Å²) in [5.74, 6) is -0.340. The van der Waals surface area contributed by atoms with Crippen LogP contribution in [0, 0.1) is 6.92 Å². The number of aryl methyl sites for hydroxylation is 1. The predicted octanol–water partition coefficient (Wildman–Crippen LogP) is 2.79. The molecule has 1 heterocycles. The highest BCUT2D eigenvalue weighted by Gasteiger charge is 2.21. The largest absolute Gasteiger partial charge is 0.288 e. The maximum atomic E-state index is 12.5. The van der Waals surface area contributed by atoms with Gasteiger partial charge in [0.1, 0.15) is 5.69 Å². The molecule has 0 bridgehead atoms. The van der Waals surface area contributed by atoms with Gasteiger partial charge in [0.05, 0.1) is 4.90 Å². The molecule has 0 radical (unpaired) electrons. The van der Waals surface area contributed by atoms with E-state index in [0.717, 1.165) is 9.54 Å². The van der Waals surface area contributed by atoms with Gasteiger partial charge in [-0.25, -0.2) is 12.4 Å². The molecule has 0 aliphatic heterocycles. The Bertz CT molecular complexity index is 753. The second-order valence-electron chi connectivity index (χ2n) is 4.37. The zero-order chi connectivity index (χ0) is 14.8. The van der Waals surface area contributed by atoms with Crippen LogP contribution in [0.3, 0.4) is 0 Å². The summed E-state index contributed by atoms with van der Waals surface area (Å²) in [6, 6.07) is 9.56. The first-order valence-electron chi connectivity index (χ1n) is 6.13. The van der Waals surface area contributed by atoms with Crippen molar-refractivity contribution in [1.29, 1.82) is 0 Å². The zero-order valence-corrected chi connectivity index (χ0v) is 12.1. The number of hydrogen-bond donors (Lipinski definition) is 0. The van der Waals surface area contributed by atoms with Crippen LogP contribution in [0.25, 0.3) is 0 Å². The zero-order valence-electron chi connectivity index (χ0n) is 11.3. The van der Waals surface area contributed by atoms with E-state index in [-0.39, 0.29) is 16.4 Å². The van der Waals surface area contributed by atoms with Crippen LogP contribution in [-0.4, -0.2) is 18.2 Å². The van der Waals surface area contributed by atoms with E-state index in [1.807, 2.05) is 6.92 Å². The van der Waals surface area contributed by atoms with E-state index in [9.17, 15) is 13.2 Å². The van der Waals surface area contributed by atoms with Crippen molar-refractivity contribution < 1.29 is 13.2 Å².